The zero-order valence-electron chi connectivity index (χ0n) is 16.2. The summed E-state index contributed by atoms with van der Waals surface area (Å²) in [4.78, 5) is 52.6. The molecular formula is C23H20N2O4. The molecule has 6 nitrogen and oxygen atoms in total. The van der Waals surface area contributed by atoms with Crippen LogP contribution in [0.3, 0.4) is 0 Å². The van der Waals surface area contributed by atoms with Gasteiger partial charge in [-0.1, -0.05) is 36.4 Å². The van der Waals surface area contributed by atoms with Crippen LogP contribution < -0.4 is 0 Å². The zero-order chi connectivity index (χ0) is 20.8. The van der Waals surface area contributed by atoms with E-state index in [1.165, 1.54) is 9.80 Å². The maximum absolute atomic E-state index is 12.7. The molecule has 2 aliphatic rings. The van der Waals surface area contributed by atoms with E-state index in [2.05, 4.69) is 0 Å². The Morgan fingerprint density at radius 1 is 0.690 bits per heavy atom. The molecule has 0 radical (unpaired) electrons. The van der Waals surface area contributed by atoms with Crippen molar-refractivity contribution in [1.82, 2.24) is 9.80 Å². The van der Waals surface area contributed by atoms with E-state index in [4.69, 9.17) is 0 Å². The maximum atomic E-state index is 12.7. The van der Waals surface area contributed by atoms with Crippen molar-refractivity contribution in [3.8, 4) is 0 Å². The van der Waals surface area contributed by atoms with E-state index in [0.717, 1.165) is 0 Å². The Bertz CT molecular complexity index is 1010. The van der Waals surface area contributed by atoms with Gasteiger partial charge in [0.1, 0.15) is 0 Å². The first kappa shape index (κ1) is 18.8. The third-order valence-electron chi connectivity index (χ3n) is 5.35. The van der Waals surface area contributed by atoms with Crippen LogP contribution in [-0.2, 0) is 0 Å². The van der Waals surface area contributed by atoms with Crippen molar-refractivity contribution in [2.75, 3.05) is 6.54 Å². The highest BCUT2D eigenvalue weighted by atomic mass is 16.2. The highest BCUT2D eigenvalue weighted by Gasteiger charge is 2.43. The van der Waals surface area contributed by atoms with E-state index in [-0.39, 0.29) is 30.2 Å². The second kappa shape index (κ2) is 6.81. The molecule has 29 heavy (non-hydrogen) atoms. The Morgan fingerprint density at radius 2 is 1.10 bits per heavy atom. The van der Waals surface area contributed by atoms with E-state index in [9.17, 15) is 19.2 Å². The smallest absolute Gasteiger partial charge is 0.262 e. The lowest BCUT2D eigenvalue weighted by atomic mass is 9.97. The minimum atomic E-state index is -0.744. The van der Waals surface area contributed by atoms with Gasteiger partial charge in [0.2, 0.25) is 0 Å². The molecule has 4 amide bonds. The predicted molar refractivity (Wildman–Crippen MR) is 107 cm³/mol. The van der Waals surface area contributed by atoms with Crippen LogP contribution in [-0.4, -0.2) is 45.5 Å². The lowest BCUT2D eigenvalue weighted by molar-refractivity contribution is 0.0484. The standard InChI is InChI=1S/C23H20N2O4/c1-23(2,25-21(28)17-11-5-6-12-18(17)22(25)29)13-7-8-14-24-19(26)15-9-3-4-10-16(15)20(24)27/h3-12H,13-14H2,1-2H3/b8-7+. The quantitative estimate of drug-likeness (QED) is 0.582. The SMILES string of the molecule is CC(C)(C/C=C/CN1C(=O)c2ccccc2C1=O)N1C(=O)c2ccccc2C1=O. The lowest BCUT2D eigenvalue weighted by Crippen LogP contribution is -2.47. The van der Waals surface area contributed by atoms with Crippen molar-refractivity contribution in [2.24, 2.45) is 0 Å². The van der Waals surface area contributed by atoms with Crippen molar-refractivity contribution < 1.29 is 19.2 Å². The van der Waals surface area contributed by atoms with E-state index in [0.29, 0.717) is 28.7 Å². The average molecular weight is 388 g/mol. The van der Waals surface area contributed by atoms with Crippen LogP contribution in [0.1, 0.15) is 61.7 Å². The fourth-order valence-electron chi connectivity index (χ4n) is 3.79. The van der Waals surface area contributed by atoms with Crippen LogP contribution in [0.25, 0.3) is 0 Å². The Hall–Kier alpha value is -3.54. The normalized spacial score (nSPS) is 16.2. The van der Waals surface area contributed by atoms with Gasteiger partial charge in [-0.05, 0) is 44.5 Å². The number of amides is 4. The molecule has 0 unspecified atom stereocenters. The van der Waals surface area contributed by atoms with Gasteiger partial charge in [0.25, 0.3) is 23.6 Å². The van der Waals surface area contributed by atoms with Gasteiger partial charge in [-0.3, -0.25) is 29.0 Å². The summed E-state index contributed by atoms with van der Waals surface area (Å²) < 4.78 is 0. The van der Waals surface area contributed by atoms with Crippen molar-refractivity contribution >= 4 is 23.6 Å². The molecule has 2 aromatic rings. The summed E-state index contributed by atoms with van der Waals surface area (Å²) in [5, 5.41) is 0. The molecule has 0 saturated heterocycles. The zero-order valence-corrected chi connectivity index (χ0v) is 16.2. The molecule has 0 spiro atoms. The summed E-state index contributed by atoms with van der Waals surface area (Å²) in [6.45, 7) is 3.78. The van der Waals surface area contributed by atoms with E-state index in [1.54, 1.807) is 60.7 Å². The highest BCUT2D eigenvalue weighted by molar-refractivity contribution is 6.22. The molecule has 0 aromatic heterocycles. The number of carbonyl (C=O) groups is 4. The third kappa shape index (κ3) is 2.97. The molecule has 4 rings (SSSR count). The molecule has 0 saturated carbocycles. The van der Waals surface area contributed by atoms with Gasteiger partial charge in [-0.25, -0.2) is 0 Å². The van der Waals surface area contributed by atoms with Crippen LogP contribution in [0.4, 0.5) is 0 Å². The molecule has 2 heterocycles. The molecule has 2 aliphatic heterocycles. The number of imide groups is 2. The van der Waals surface area contributed by atoms with Crippen LogP contribution in [0, 0.1) is 0 Å². The number of hydrogen-bond donors (Lipinski definition) is 0. The van der Waals surface area contributed by atoms with Crippen molar-refractivity contribution in [3.63, 3.8) is 0 Å². The van der Waals surface area contributed by atoms with Crippen LogP contribution in [0.2, 0.25) is 0 Å². The van der Waals surface area contributed by atoms with Gasteiger partial charge in [0.15, 0.2) is 0 Å². The first-order valence-electron chi connectivity index (χ1n) is 9.41. The van der Waals surface area contributed by atoms with Gasteiger partial charge in [0.05, 0.1) is 22.3 Å². The van der Waals surface area contributed by atoms with Crippen LogP contribution in [0.15, 0.2) is 60.7 Å². The Morgan fingerprint density at radius 3 is 1.55 bits per heavy atom. The molecule has 146 valence electrons. The molecular weight excluding hydrogens is 368 g/mol. The number of carbonyl (C=O) groups excluding carboxylic acids is 4. The minimum Gasteiger partial charge on any atom is -0.270 e. The third-order valence-corrected chi connectivity index (χ3v) is 5.35. The van der Waals surface area contributed by atoms with Crippen molar-refractivity contribution in [2.45, 2.75) is 25.8 Å². The Balaban J connectivity index is 1.44. The molecule has 6 heteroatoms. The summed E-state index contributed by atoms with van der Waals surface area (Å²) in [6.07, 6.45) is 3.93. The van der Waals surface area contributed by atoms with Gasteiger partial charge in [0, 0.05) is 12.1 Å². The fraction of sp³-hybridized carbons (Fsp3) is 0.217. The first-order chi connectivity index (χ1) is 13.8. The average Bonchev–Trinajstić information content (AvgIpc) is 3.11. The second-order valence-electron chi connectivity index (χ2n) is 7.75. The monoisotopic (exact) mass is 388 g/mol. The summed E-state index contributed by atoms with van der Waals surface area (Å²) in [5.74, 6) is -1.22. The molecule has 0 fully saturated rings. The largest absolute Gasteiger partial charge is 0.270 e. The molecule has 0 bridgehead atoms. The first-order valence-corrected chi connectivity index (χ1v) is 9.41. The second-order valence-corrected chi connectivity index (χ2v) is 7.75. The maximum Gasteiger partial charge on any atom is 0.262 e. The van der Waals surface area contributed by atoms with Gasteiger partial charge in [-0.15, -0.1) is 0 Å². The van der Waals surface area contributed by atoms with Crippen LogP contribution >= 0.6 is 0 Å². The van der Waals surface area contributed by atoms with Gasteiger partial charge >= 0.3 is 0 Å². The number of benzene rings is 2. The summed E-state index contributed by atoms with van der Waals surface area (Å²) in [5.41, 5.74) is 0.918. The van der Waals surface area contributed by atoms with Crippen molar-refractivity contribution in [1.29, 1.82) is 0 Å². The highest BCUT2D eigenvalue weighted by Crippen LogP contribution is 2.31. The van der Waals surface area contributed by atoms with Crippen LogP contribution in [0.5, 0.6) is 0 Å². The minimum absolute atomic E-state index is 0.143. The van der Waals surface area contributed by atoms with Crippen molar-refractivity contribution in [3.05, 3.63) is 82.9 Å². The van der Waals surface area contributed by atoms with E-state index < -0.39 is 5.54 Å². The van der Waals surface area contributed by atoms with E-state index in [1.807, 2.05) is 13.8 Å². The molecule has 0 atom stereocenters. The summed E-state index contributed by atoms with van der Waals surface area (Å²) >= 11 is 0. The topological polar surface area (TPSA) is 74.8 Å². The Kier molecular flexibility index (Phi) is 4.42. The summed E-state index contributed by atoms with van der Waals surface area (Å²) in [6, 6.07) is 13.5. The number of nitrogens with zero attached hydrogens (tertiary/aromatic N) is 2. The lowest BCUT2D eigenvalue weighted by Gasteiger charge is -2.33. The predicted octanol–water partition coefficient (Wildman–Crippen LogP) is 3.30. The fourth-order valence-corrected chi connectivity index (χ4v) is 3.79. The molecule has 0 N–H and O–H groups in total. The molecule has 0 aliphatic carbocycles. The number of hydrogen-bond acceptors (Lipinski definition) is 4. The number of fused-ring (bicyclic) bond motifs is 2. The number of rotatable bonds is 5. The van der Waals surface area contributed by atoms with Gasteiger partial charge < -0.3 is 0 Å². The molecule has 2 aromatic carbocycles. The van der Waals surface area contributed by atoms with E-state index >= 15 is 0 Å². The Labute approximate surface area is 168 Å². The summed E-state index contributed by atoms with van der Waals surface area (Å²) in [7, 11) is 0. The van der Waals surface area contributed by atoms with Gasteiger partial charge in [-0.2, -0.15) is 0 Å².